The number of benzene rings is 1. The van der Waals surface area contributed by atoms with Crippen molar-refractivity contribution in [2.75, 3.05) is 5.75 Å². The zero-order valence-corrected chi connectivity index (χ0v) is 16.4. The first-order valence-corrected chi connectivity index (χ1v) is 10.3. The molecule has 1 N–H and O–H groups in total. The summed E-state index contributed by atoms with van der Waals surface area (Å²) in [6.07, 6.45) is 1.82. The Bertz CT molecular complexity index is 950. The Balaban J connectivity index is 1.52. The molecule has 0 radical (unpaired) electrons. The Morgan fingerprint density at radius 1 is 1.31 bits per heavy atom. The van der Waals surface area contributed by atoms with E-state index in [0.29, 0.717) is 15.4 Å². The van der Waals surface area contributed by atoms with Crippen LogP contribution in [0.4, 0.5) is 0 Å². The molecule has 1 aromatic carbocycles. The number of carbonyl (C=O) groups is 1. The van der Waals surface area contributed by atoms with Crippen molar-refractivity contribution in [3.63, 3.8) is 0 Å². The minimum absolute atomic E-state index is 0.0461. The van der Waals surface area contributed by atoms with Crippen LogP contribution in [-0.2, 0) is 18.3 Å². The molecule has 7 heteroatoms. The molecule has 0 unspecified atom stereocenters. The predicted octanol–water partition coefficient (Wildman–Crippen LogP) is 3.22. The van der Waals surface area contributed by atoms with Crippen LogP contribution in [-0.4, -0.2) is 27.3 Å². The first-order valence-electron chi connectivity index (χ1n) is 8.45. The molecule has 136 valence electrons. The highest BCUT2D eigenvalue weighted by molar-refractivity contribution is 7.99. The van der Waals surface area contributed by atoms with Crippen molar-refractivity contribution in [1.82, 2.24) is 14.9 Å². The van der Waals surface area contributed by atoms with Gasteiger partial charge < -0.3 is 5.32 Å². The topological polar surface area (TPSA) is 64.0 Å². The number of thiophene rings is 1. The first-order chi connectivity index (χ1) is 12.5. The average Bonchev–Trinajstić information content (AvgIpc) is 3.11. The molecule has 2 aromatic heterocycles. The number of nitrogens with one attached hydrogen (secondary N) is 1. The highest BCUT2D eigenvalue weighted by atomic mass is 32.2. The van der Waals surface area contributed by atoms with E-state index in [9.17, 15) is 9.59 Å². The average molecular weight is 388 g/mol. The molecule has 5 nitrogen and oxygen atoms in total. The number of hydrogen-bond donors (Lipinski definition) is 1. The van der Waals surface area contributed by atoms with E-state index in [-0.39, 0.29) is 23.3 Å². The lowest BCUT2D eigenvalue weighted by Crippen LogP contribution is -2.34. The molecule has 2 heterocycles. The summed E-state index contributed by atoms with van der Waals surface area (Å²) in [6.45, 7) is 2.01. The largest absolute Gasteiger partial charge is 0.353 e. The second-order valence-electron chi connectivity index (χ2n) is 6.18. The molecule has 0 aliphatic carbocycles. The molecule has 3 rings (SSSR count). The Labute approximate surface area is 160 Å². The van der Waals surface area contributed by atoms with Gasteiger partial charge in [0, 0.05) is 13.1 Å². The summed E-state index contributed by atoms with van der Waals surface area (Å²) in [5.41, 5.74) is 1.90. The zero-order valence-electron chi connectivity index (χ0n) is 14.8. The van der Waals surface area contributed by atoms with Crippen molar-refractivity contribution in [2.24, 2.45) is 7.05 Å². The number of carbonyl (C=O) groups excluding carboxylic acids is 1. The lowest BCUT2D eigenvalue weighted by molar-refractivity contribution is -0.119. The fraction of sp³-hybridized carbons (Fsp3) is 0.316. The third-order valence-electron chi connectivity index (χ3n) is 4.09. The maximum atomic E-state index is 12.3. The third-order valence-corrected chi connectivity index (χ3v) is 6.02. The minimum atomic E-state index is -0.0656. The van der Waals surface area contributed by atoms with Crippen molar-refractivity contribution in [1.29, 1.82) is 0 Å². The second-order valence-corrected chi connectivity index (χ2v) is 8.03. The summed E-state index contributed by atoms with van der Waals surface area (Å²) in [7, 11) is 1.69. The molecular formula is C19H21N3O2S2. The van der Waals surface area contributed by atoms with Gasteiger partial charge in [-0.15, -0.1) is 11.3 Å². The molecule has 1 atom stereocenters. The maximum Gasteiger partial charge on any atom is 0.271 e. The SMILES string of the molecule is C[C@H](CCc1ccccc1)NC(=O)CSc1nc2ccsc2c(=O)n1C. The van der Waals surface area contributed by atoms with Crippen molar-refractivity contribution in [3.05, 3.63) is 57.7 Å². The van der Waals surface area contributed by atoms with Gasteiger partial charge in [-0.2, -0.15) is 0 Å². The van der Waals surface area contributed by atoms with E-state index in [0.717, 1.165) is 12.8 Å². The van der Waals surface area contributed by atoms with Crippen molar-refractivity contribution >= 4 is 39.2 Å². The summed E-state index contributed by atoms with van der Waals surface area (Å²) in [5.74, 6) is 0.196. The van der Waals surface area contributed by atoms with Gasteiger partial charge in [0.15, 0.2) is 5.16 Å². The minimum Gasteiger partial charge on any atom is -0.353 e. The highest BCUT2D eigenvalue weighted by Gasteiger charge is 2.13. The van der Waals surface area contributed by atoms with Gasteiger partial charge in [-0.3, -0.25) is 14.2 Å². The van der Waals surface area contributed by atoms with Crippen LogP contribution in [0.3, 0.4) is 0 Å². The number of fused-ring (bicyclic) bond motifs is 1. The van der Waals surface area contributed by atoms with E-state index in [1.165, 1.54) is 33.2 Å². The Morgan fingerprint density at radius 3 is 2.85 bits per heavy atom. The van der Waals surface area contributed by atoms with Crippen LogP contribution in [0.15, 0.2) is 51.7 Å². The number of amides is 1. The molecule has 0 fully saturated rings. The molecule has 0 saturated heterocycles. The summed E-state index contributed by atoms with van der Waals surface area (Å²) in [6, 6.07) is 12.2. The third kappa shape index (κ3) is 4.53. The number of hydrogen-bond acceptors (Lipinski definition) is 5. The second kappa shape index (κ2) is 8.51. The van der Waals surface area contributed by atoms with Gasteiger partial charge in [-0.05, 0) is 36.8 Å². The summed E-state index contributed by atoms with van der Waals surface area (Å²) in [5, 5.41) is 5.43. The van der Waals surface area contributed by atoms with Gasteiger partial charge in [0.25, 0.3) is 5.56 Å². The standard InChI is InChI=1S/C19H21N3O2S2/c1-13(8-9-14-6-4-3-5-7-14)20-16(23)12-26-19-21-15-10-11-25-17(15)18(24)22(19)2/h3-7,10-11,13H,8-9,12H2,1-2H3,(H,20,23)/t13-/m1/s1. The normalized spacial score (nSPS) is 12.2. The smallest absolute Gasteiger partial charge is 0.271 e. The fourth-order valence-electron chi connectivity index (χ4n) is 2.64. The van der Waals surface area contributed by atoms with Crippen molar-refractivity contribution in [3.8, 4) is 0 Å². The molecule has 0 aliphatic heterocycles. The van der Waals surface area contributed by atoms with E-state index in [4.69, 9.17) is 0 Å². The zero-order chi connectivity index (χ0) is 18.5. The van der Waals surface area contributed by atoms with Crippen LogP contribution in [0, 0.1) is 0 Å². The van der Waals surface area contributed by atoms with Crippen LogP contribution >= 0.6 is 23.1 Å². The molecule has 0 bridgehead atoms. The van der Waals surface area contributed by atoms with Crippen molar-refractivity contribution < 1.29 is 4.79 Å². The predicted molar refractivity (Wildman–Crippen MR) is 108 cm³/mol. The number of aryl methyl sites for hydroxylation is 1. The quantitative estimate of drug-likeness (QED) is 0.499. The maximum absolute atomic E-state index is 12.3. The van der Waals surface area contributed by atoms with E-state index in [1.54, 1.807) is 7.05 Å². The summed E-state index contributed by atoms with van der Waals surface area (Å²) < 4.78 is 2.16. The Morgan fingerprint density at radius 2 is 2.08 bits per heavy atom. The summed E-state index contributed by atoms with van der Waals surface area (Å²) in [4.78, 5) is 29.0. The summed E-state index contributed by atoms with van der Waals surface area (Å²) >= 11 is 2.68. The van der Waals surface area contributed by atoms with Gasteiger partial charge in [-0.1, -0.05) is 42.1 Å². The first kappa shape index (κ1) is 18.7. The lowest BCUT2D eigenvalue weighted by atomic mass is 10.1. The van der Waals surface area contributed by atoms with Gasteiger partial charge >= 0.3 is 0 Å². The van der Waals surface area contributed by atoms with Crippen LogP contribution in [0.5, 0.6) is 0 Å². The molecule has 0 spiro atoms. The van der Waals surface area contributed by atoms with Crippen molar-refractivity contribution in [2.45, 2.75) is 31.0 Å². The van der Waals surface area contributed by atoms with Crippen LogP contribution in [0.2, 0.25) is 0 Å². The number of nitrogens with zero attached hydrogens (tertiary/aromatic N) is 2. The Kier molecular flexibility index (Phi) is 6.11. The van der Waals surface area contributed by atoms with Crippen LogP contribution in [0.1, 0.15) is 18.9 Å². The molecule has 1 amide bonds. The highest BCUT2D eigenvalue weighted by Crippen LogP contribution is 2.20. The lowest BCUT2D eigenvalue weighted by Gasteiger charge is -2.14. The monoisotopic (exact) mass is 387 g/mol. The molecular weight excluding hydrogens is 366 g/mol. The van der Waals surface area contributed by atoms with Gasteiger partial charge in [0.2, 0.25) is 5.91 Å². The van der Waals surface area contributed by atoms with Gasteiger partial charge in [0.1, 0.15) is 4.70 Å². The number of thioether (sulfide) groups is 1. The molecule has 0 aliphatic rings. The van der Waals surface area contributed by atoms with Crippen LogP contribution in [0.25, 0.3) is 10.2 Å². The molecule has 0 saturated carbocycles. The van der Waals surface area contributed by atoms with E-state index < -0.39 is 0 Å². The van der Waals surface area contributed by atoms with E-state index in [1.807, 2.05) is 36.6 Å². The van der Waals surface area contributed by atoms with Gasteiger partial charge in [-0.25, -0.2) is 4.98 Å². The van der Waals surface area contributed by atoms with E-state index in [2.05, 4.69) is 22.4 Å². The number of rotatable bonds is 7. The van der Waals surface area contributed by atoms with Crippen LogP contribution < -0.4 is 10.9 Å². The molecule has 3 aromatic rings. The van der Waals surface area contributed by atoms with Gasteiger partial charge in [0.05, 0.1) is 11.3 Å². The number of aromatic nitrogens is 2. The Hall–Kier alpha value is -2.12. The fourth-order valence-corrected chi connectivity index (χ4v) is 4.23. The van der Waals surface area contributed by atoms with E-state index >= 15 is 0 Å². The molecule has 26 heavy (non-hydrogen) atoms.